The summed E-state index contributed by atoms with van der Waals surface area (Å²) in [6, 6.07) is 5.60. The van der Waals surface area contributed by atoms with Crippen LogP contribution in [0.4, 0.5) is 0 Å². The molecule has 0 radical (unpaired) electrons. The lowest BCUT2D eigenvalue weighted by Gasteiger charge is -2.14. The van der Waals surface area contributed by atoms with Gasteiger partial charge in [-0.3, -0.25) is 9.78 Å². The van der Waals surface area contributed by atoms with Crippen molar-refractivity contribution in [3.63, 3.8) is 0 Å². The van der Waals surface area contributed by atoms with E-state index in [1.807, 2.05) is 18.2 Å². The van der Waals surface area contributed by atoms with Gasteiger partial charge in [0.25, 0.3) is 0 Å². The first kappa shape index (κ1) is 9.83. The molecule has 0 unspecified atom stereocenters. The SMILES string of the molecule is O=C[C@H]1CC(=O)N(Cc2ccccn2)C1. The van der Waals surface area contributed by atoms with Crippen LogP contribution in [-0.4, -0.2) is 28.6 Å². The fraction of sp³-hybridized carbons (Fsp3) is 0.364. The van der Waals surface area contributed by atoms with Crippen LogP contribution in [0.15, 0.2) is 24.4 Å². The fourth-order valence-electron chi connectivity index (χ4n) is 1.73. The monoisotopic (exact) mass is 204 g/mol. The van der Waals surface area contributed by atoms with E-state index in [1.54, 1.807) is 11.1 Å². The van der Waals surface area contributed by atoms with E-state index < -0.39 is 0 Å². The van der Waals surface area contributed by atoms with Crippen LogP contribution >= 0.6 is 0 Å². The molecule has 1 fully saturated rings. The summed E-state index contributed by atoms with van der Waals surface area (Å²) >= 11 is 0. The Morgan fingerprint density at radius 2 is 2.40 bits per heavy atom. The molecule has 4 heteroatoms. The molecule has 1 aromatic heterocycles. The van der Waals surface area contributed by atoms with Gasteiger partial charge in [-0.05, 0) is 12.1 Å². The third-order valence-corrected chi connectivity index (χ3v) is 2.52. The zero-order valence-electron chi connectivity index (χ0n) is 8.30. The van der Waals surface area contributed by atoms with E-state index in [-0.39, 0.29) is 11.8 Å². The number of amides is 1. The third-order valence-electron chi connectivity index (χ3n) is 2.52. The van der Waals surface area contributed by atoms with Gasteiger partial charge in [-0.25, -0.2) is 0 Å². The minimum absolute atomic E-state index is 0.0396. The molecule has 0 bridgehead atoms. The van der Waals surface area contributed by atoms with Gasteiger partial charge in [0.05, 0.1) is 12.2 Å². The molecule has 0 aromatic carbocycles. The molecule has 1 aromatic rings. The second-order valence-electron chi connectivity index (χ2n) is 3.70. The Morgan fingerprint density at radius 1 is 1.53 bits per heavy atom. The zero-order valence-corrected chi connectivity index (χ0v) is 8.30. The van der Waals surface area contributed by atoms with Crippen molar-refractivity contribution in [2.24, 2.45) is 5.92 Å². The minimum Gasteiger partial charge on any atom is -0.336 e. The Morgan fingerprint density at radius 3 is 3.00 bits per heavy atom. The van der Waals surface area contributed by atoms with Crippen molar-refractivity contribution in [2.45, 2.75) is 13.0 Å². The molecule has 2 rings (SSSR count). The van der Waals surface area contributed by atoms with Crippen LogP contribution in [0, 0.1) is 5.92 Å². The predicted molar refractivity (Wildman–Crippen MR) is 53.8 cm³/mol. The topological polar surface area (TPSA) is 50.3 Å². The summed E-state index contributed by atoms with van der Waals surface area (Å²) in [4.78, 5) is 27.9. The van der Waals surface area contributed by atoms with E-state index in [0.717, 1.165) is 12.0 Å². The average molecular weight is 204 g/mol. The summed E-state index contributed by atoms with van der Waals surface area (Å²) in [5.74, 6) is -0.0982. The van der Waals surface area contributed by atoms with Crippen LogP contribution in [0.25, 0.3) is 0 Å². The summed E-state index contributed by atoms with van der Waals surface area (Å²) in [6.45, 7) is 1.03. The number of aldehydes is 1. The maximum atomic E-state index is 11.5. The van der Waals surface area contributed by atoms with Crippen LogP contribution in [-0.2, 0) is 16.1 Å². The molecule has 1 amide bonds. The van der Waals surface area contributed by atoms with Crippen molar-refractivity contribution >= 4 is 12.2 Å². The first-order valence-electron chi connectivity index (χ1n) is 4.92. The summed E-state index contributed by atoms with van der Waals surface area (Å²) < 4.78 is 0. The Labute approximate surface area is 87.9 Å². The van der Waals surface area contributed by atoms with Crippen LogP contribution < -0.4 is 0 Å². The van der Waals surface area contributed by atoms with Crippen molar-refractivity contribution in [3.05, 3.63) is 30.1 Å². The highest BCUT2D eigenvalue weighted by Gasteiger charge is 2.29. The van der Waals surface area contributed by atoms with Crippen molar-refractivity contribution < 1.29 is 9.59 Å². The van der Waals surface area contributed by atoms with Gasteiger partial charge in [-0.15, -0.1) is 0 Å². The highest BCUT2D eigenvalue weighted by atomic mass is 16.2. The molecular weight excluding hydrogens is 192 g/mol. The van der Waals surface area contributed by atoms with E-state index >= 15 is 0 Å². The van der Waals surface area contributed by atoms with E-state index in [0.29, 0.717) is 19.5 Å². The minimum atomic E-state index is -0.138. The van der Waals surface area contributed by atoms with Gasteiger partial charge in [-0.1, -0.05) is 6.07 Å². The van der Waals surface area contributed by atoms with Crippen LogP contribution in [0.3, 0.4) is 0 Å². The lowest BCUT2D eigenvalue weighted by Crippen LogP contribution is -2.25. The molecule has 1 aliphatic rings. The zero-order chi connectivity index (χ0) is 10.7. The second-order valence-corrected chi connectivity index (χ2v) is 3.70. The number of pyridine rings is 1. The molecular formula is C11H12N2O2. The van der Waals surface area contributed by atoms with E-state index in [9.17, 15) is 9.59 Å². The van der Waals surface area contributed by atoms with E-state index in [4.69, 9.17) is 0 Å². The number of rotatable bonds is 3. The van der Waals surface area contributed by atoms with Gasteiger partial charge in [0.1, 0.15) is 6.29 Å². The number of carbonyl (C=O) groups excluding carboxylic acids is 2. The molecule has 1 saturated heterocycles. The summed E-state index contributed by atoms with van der Waals surface area (Å²) in [5.41, 5.74) is 0.859. The van der Waals surface area contributed by atoms with Gasteiger partial charge in [0.15, 0.2) is 0 Å². The van der Waals surface area contributed by atoms with Crippen molar-refractivity contribution in [2.75, 3.05) is 6.54 Å². The van der Waals surface area contributed by atoms with E-state index in [2.05, 4.69) is 4.98 Å². The molecule has 1 aliphatic heterocycles. The van der Waals surface area contributed by atoms with Gasteiger partial charge >= 0.3 is 0 Å². The molecule has 2 heterocycles. The van der Waals surface area contributed by atoms with Crippen molar-refractivity contribution in [1.29, 1.82) is 0 Å². The normalized spacial score (nSPS) is 20.7. The standard InChI is InChI=1S/C11H12N2O2/c14-8-9-5-11(15)13(6-9)7-10-3-1-2-4-12-10/h1-4,8-9H,5-7H2/t9-/m0/s1. The van der Waals surface area contributed by atoms with Crippen molar-refractivity contribution in [1.82, 2.24) is 9.88 Å². The molecule has 0 saturated carbocycles. The third kappa shape index (κ3) is 2.21. The molecule has 4 nitrogen and oxygen atoms in total. The number of hydrogen-bond acceptors (Lipinski definition) is 3. The van der Waals surface area contributed by atoms with Gasteiger partial charge in [0.2, 0.25) is 5.91 Å². The highest BCUT2D eigenvalue weighted by molar-refractivity contribution is 5.82. The Balaban J connectivity index is 2.01. The number of carbonyl (C=O) groups is 2. The maximum absolute atomic E-state index is 11.5. The summed E-state index contributed by atoms with van der Waals surface area (Å²) in [5, 5.41) is 0. The number of nitrogens with zero attached hydrogens (tertiary/aromatic N) is 2. The van der Waals surface area contributed by atoms with Crippen LogP contribution in [0.5, 0.6) is 0 Å². The Kier molecular flexibility index (Phi) is 2.76. The Hall–Kier alpha value is -1.71. The van der Waals surface area contributed by atoms with Crippen molar-refractivity contribution in [3.8, 4) is 0 Å². The predicted octanol–water partition coefficient (Wildman–Crippen LogP) is 0.629. The summed E-state index contributed by atoms with van der Waals surface area (Å²) in [7, 11) is 0. The molecule has 15 heavy (non-hydrogen) atoms. The lowest BCUT2D eigenvalue weighted by molar-refractivity contribution is -0.128. The van der Waals surface area contributed by atoms with Gasteiger partial charge < -0.3 is 9.69 Å². The van der Waals surface area contributed by atoms with Gasteiger partial charge in [-0.2, -0.15) is 0 Å². The van der Waals surface area contributed by atoms with Crippen LogP contribution in [0.1, 0.15) is 12.1 Å². The molecule has 0 aliphatic carbocycles. The van der Waals surface area contributed by atoms with Gasteiger partial charge in [0, 0.05) is 25.1 Å². The highest BCUT2D eigenvalue weighted by Crippen LogP contribution is 2.17. The second kappa shape index (κ2) is 4.21. The number of likely N-dealkylation sites (tertiary alicyclic amines) is 1. The largest absolute Gasteiger partial charge is 0.336 e. The summed E-state index contributed by atoms with van der Waals surface area (Å²) in [6.07, 6.45) is 2.90. The Bertz CT molecular complexity index is 364. The maximum Gasteiger partial charge on any atom is 0.223 e. The average Bonchev–Trinajstić information content (AvgIpc) is 2.61. The molecule has 0 spiro atoms. The smallest absolute Gasteiger partial charge is 0.223 e. The molecule has 1 atom stereocenters. The van der Waals surface area contributed by atoms with E-state index in [1.165, 1.54) is 0 Å². The first-order chi connectivity index (χ1) is 7.29. The number of aromatic nitrogens is 1. The van der Waals surface area contributed by atoms with Crippen LogP contribution in [0.2, 0.25) is 0 Å². The lowest BCUT2D eigenvalue weighted by atomic mass is 10.1. The quantitative estimate of drug-likeness (QED) is 0.678. The molecule has 78 valence electrons. The fourth-order valence-corrected chi connectivity index (χ4v) is 1.73. The number of hydrogen-bond donors (Lipinski definition) is 0. The first-order valence-corrected chi connectivity index (χ1v) is 4.92. The molecule has 0 N–H and O–H groups in total.